The zero-order chi connectivity index (χ0) is 13.0. The molecule has 0 saturated carbocycles. The number of nitrogens with two attached hydrogens (primary N) is 2. The molecule has 102 valence electrons. The molecule has 0 aliphatic carbocycles. The molecule has 0 aliphatic rings. The van der Waals surface area contributed by atoms with Gasteiger partial charge in [0, 0.05) is 6.42 Å². The van der Waals surface area contributed by atoms with Crippen LogP contribution in [-0.4, -0.2) is 57.1 Å². The lowest BCUT2D eigenvalue weighted by Crippen LogP contribution is -2.82. The van der Waals surface area contributed by atoms with Crippen molar-refractivity contribution in [3.05, 3.63) is 0 Å². The van der Waals surface area contributed by atoms with E-state index in [1.807, 2.05) is 0 Å². The summed E-state index contributed by atoms with van der Waals surface area (Å²) in [4.78, 5) is 3.10. The summed E-state index contributed by atoms with van der Waals surface area (Å²) in [6, 6.07) is 0. The minimum absolute atomic E-state index is 1.000. The summed E-state index contributed by atoms with van der Waals surface area (Å²) in [7, 11) is 2.16. The van der Waals surface area contributed by atoms with E-state index in [2.05, 4.69) is 31.2 Å². The zero-order valence-electron chi connectivity index (χ0n) is 12.0. The lowest BCUT2D eigenvalue weighted by molar-refractivity contribution is -0.938. The molecule has 0 rings (SSSR count). The van der Waals surface area contributed by atoms with E-state index < -0.39 is 0 Å². The second-order valence-electron chi connectivity index (χ2n) is 4.91. The third kappa shape index (κ3) is 7.34. The molecule has 17 heavy (non-hydrogen) atoms. The summed E-state index contributed by atoms with van der Waals surface area (Å²) in [6.07, 6.45) is 5.31. The molecule has 4 heteroatoms. The molecule has 4 nitrogen and oxygen atoms in total. The van der Waals surface area contributed by atoms with Crippen molar-refractivity contribution in [1.29, 1.82) is 0 Å². The van der Waals surface area contributed by atoms with Gasteiger partial charge in [-0.2, -0.15) is 0 Å². The van der Waals surface area contributed by atoms with Crippen LogP contribution in [0.15, 0.2) is 0 Å². The van der Waals surface area contributed by atoms with Gasteiger partial charge in [0.25, 0.3) is 0 Å². The molecular weight excluding hydrogens is 212 g/mol. The number of quaternary nitrogens is 2. The summed E-state index contributed by atoms with van der Waals surface area (Å²) >= 11 is 0. The van der Waals surface area contributed by atoms with Crippen molar-refractivity contribution in [3.63, 3.8) is 0 Å². The fourth-order valence-corrected chi connectivity index (χ4v) is 2.62. The van der Waals surface area contributed by atoms with Gasteiger partial charge in [0.15, 0.2) is 0 Å². The first-order valence-corrected chi connectivity index (χ1v) is 7.14. The Bertz CT molecular complexity index is 186. The summed E-state index contributed by atoms with van der Waals surface area (Å²) in [5.74, 6) is 0. The standard InChI is InChI=1S/C13H31N4/c1-4-9-17(10-5-2,12-8-15-3)11-6-7-16-13-14/h13,15H,4-12H2,1-3H3,(H2,14,16)/q+1/p+2. The Labute approximate surface area is 107 Å². The van der Waals surface area contributed by atoms with Crippen molar-refractivity contribution in [2.45, 2.75) is 33.1 Å². The molecular formula is C13H33N4+3. The van der Waals surface area contributed by atoms with Crippen molar-refractivity contribution >= 4 is 6.34 Å². The minimum atomic E-state index is 1.000. The van der Waals surface area contributed by atoms with Crippen LogP contribution in [0.4, 0.5) is 0 Å². The first-order chi connectivity index (χ1) is 8.24. The van der Waals surface area contributed by atoms with Crippen LogP contribution in [0, 0.1) is 0 Å². The Balaban J connectivity index is 4.29. The highest BCUT2D eigenvalue weighted by molar-refractivity contribution is 5.42. The minimum Gasteiger partial charge on any atom is -0.344 e. The molecule has 5 N–H and O–H groups in total. The van der Waals surface area contributed by atoms with E-state index in [1.54, 1.807) is 6.34 Å². The van der Waals surface area contributed by atoms with Crippen LogP contribution >= 0.6 is 0 Å². The van der Waals surface area contributed by atoms with Crippen LogP contribution < -0.4 is 16.0 Å². The summed E-state index contributed by atoms with van der Waals surface area (Å²) in [5.41, 5.74) is 5.33. The number of nitrogens with zero attached hydrogens (tertiary/aromatic N) is 1. The first kappa shape index (κ1) is 16.4. The topological polar surface area (TPSA) is 56.6 Å². The van der Waals surface area contributed by atoms with Crippen molar-refractivity contribution in [3.8, 4) is 0 Å². The third-order valence-corrected chi connectivity index (χ3v) is 3.36. The van der Waals surface area contributed by atoms with E-state index in [1.165, 1.54) is 56.5 Å². The Morgan fingerprint density at radius 2 is 1.76 bits per heavy atom. The molecule has 0 spiro atoms. The van der Waals surface area contributed by atoms with Gasteiger partial charge in [0.2, 0.25) is 6.34 Å². The average Bonchev–Trinajstić information content (AvgIpc) is 2.33. The molecule has 0 atom stereocenters. The molecule has 0 unspecified atom stereocenters. The molecule has 0 heterocycles. The third-order valence-electron chi connectivity index (χ3n) is 3.36. The Morgan fingerprint density at radius 1 is 1.12 bits per heavy atom. The van der Waals surface area contributed by atoms with E-state index in [0.29, 0.717) is 0 Å². The SMILES string of the molecule is CCC[N+](CCC)(CCC[NH+]=CN)CC[NH2+]C. The molecule has 0 amide bonds. The highest BCUT2D eigenvalue weighted by atomic mass is 15.4. The van der Waals surface area contributed by atoms with Gasteiger partial charge in [-0.25, -0.2) is 0 Å². The van der Waals surface area contributed by atoms with Crippen molar-refractivity contribution in [2.75, 3.05) is 46.3 Å². The smallest absolute Gasteiger partial charge is 0.227 e. The quantitative estimate of drug-likeness (QED) is 0.172. The highest BCUT2D eigenvalue weighted by Crippen LogP contribution is 2.10. The molecule has 0 aromatic carbocycles. The van der Waals surface area contributed by atoms with Crippen LogP contribution in [0.3, 0.4) is 0 Å². The number of hydrogen-bond acceptors (Lipinski definition) is 0. The fourth-order valence-electron chi connectivity index (χ4n) is 2.62. The van der Waals surface area contributed by atoms with E-state index in [4.69, 9.17) is 5.73 Å². The van der Waals surface area contributed by atoms with Gasteiger partial charge < -0.3 is 9.80 Å². The lowest BCUT2D eigenvalue weighted by atomic mass is 10.2. The van der Waals surface area contributed by atoms with Crippen LogP contribution in [0.25, 0.3) is 0 Å². The maximum atomic E-state index is 5.33. The summed E-state index contributed by atoms with van der Waals surface area (Å²) < 4.78 is 1.28. The molecule has 0 aromatic rings. The normalized spacial score (nSPS) is 12.4. The van der Waals surface area contributed by atoms with Gasteiger partial charge >= 0.3 is 0 Å². The molecule has 0 saturated heterocycles. The van der Waals surface area contributed by atoms with E-state index in [9.17, 15) is 0 Å². The largest absolute Gasteiger partial charge is 0.344 e. The van der Waals surface area contributed by atoms with Crippen LogP contribution in [0.5, 0.6) is 0 Å². The molecule has 0 radical (unpaired) electrons. The van der Waals surface area contributed by atoms with Gasteiger partial charge in [-0.15, -0.1) is 0 Å². The van der Waals surface area contributed by atoms with Crippen molar-refractivity contribution in [2.24, 2.45) is 5.73 Å². The number of hydrogen-bond donors (Lipinski definition) is 3. The first-order valence-electron chi connectivity index (χ1n) is 7.14. The Hall–Kier alpha value is -0.610. The van der Waals surface area contributed by atoms with Gasteiger partial charge in [0.05, 0.1) is 33.2 Å². The second-order valence-corrected chi connectivity index (χ2v) is 4.91. The number of likely N-dealkylation sites (N-methyl/N-ethyl adjacent to an activating group) is 1. The van der Waals surface area contributed by atoms with Crippen LogP contribution in [0.1, 0.15) is 33.1 Å². The zero-order valence-corrected chi connectivity index (χ0v) is 12.0. The van der Waals surface area contributed by atoms with Crippen molar-refractivity contribution < 1.29 is 14.8 Å². The van der Waals surface area contributed by atoms with Crippen molar-refractivity contribution in [1.82, 2.24) is 0 Å². The summed E-state index contributed by atoms with van der Waals surface area (Å²) in [5, 5.41) is 2.30. The number of nitrogens with one attached hydrogen (secondary N) is 1. The van der Waals surface area contributed by atoms with E-state index in [0.717, 1.165) is 6.54 Å². The molecule has 0 bridgehead atoms. The Morgan fingerprint density at radius 3 is 2.24 bits per heavy atom. The predicted molar refractivity (Wildman–Crippen MR) is 73.7 cm³/mol. The van der Waals surface area contributed by atoms with Gasteiger partial charge in [-0.3, -0.25) is 10.7 Å². The van der Waals surface area contributed by atoms with Gasteiger partial charge in [-0.05, 0) is 12.8 Å². The average molecular weight is 245 g/mol. The van der Waals surface area contributed by atoms with E-state index >= 15 is 0 Å². The molecule has 0 aromatic heterocycles. The summed E-state index contributed by atoms with van der Waals surface area (Å²) in [6.45, 7) is 12.0. The maximum Gasteiger partial charge on any atom is 0.227 e. The Kier molecular flexibility index (Phi) is 10.2. The molecule has 0 fully saturated rings. The maximum absolute atomic E-state index is 5.33. The van der Waals surface area contributed by atoms with Crippen LogP contribution in [0.2, 0.25) is 0 Å². The number of rotatable bonds is 11. The predicted octanol–water partition coefficient (Wildman–Crippen LogP) is -1.73. The van der Waals surface area contributed by atoms with Gasteiger partial charge in [0.1, 0.15) is 13.1 Å². The van der Waals surface area contributed by atoms with Crippen LogP contribution in [-0.2, 0) is 0 Å². The molecule has 0 aliphatic heterocycles. The second kappa shape index (κ2) is 10.5. The monoisotopic (exact) mass is 245 g/mol. The highest BCUT2D eigenvalue weighted by Gasteiger charge is 2.25. The van der Waals surface area contributed by atoms with E-state index in [-0.39, 0.29) is 0 Å². The lowest BCUT2D eigenvalue weighted by Gasteiger charge is -2.37. The fraction of sp³-hybridized carbons (Fsp3) is 0.923. The van der Waals surface area contributed by atoms with Gasteiger partial charge in [-0.1, -0.05) is 13.8 Å².